The maximum atomic E-state index is 6.10. The van der Waals surface area contributed by atoms with E-state index in [2.05, 4.69) is 17.0 Å². The van der Waals surface area contributed by atoms with E-state index < -0.39 is 0 Å². The average molecular weight is 236 g/mol. The normalized spacial score (nSPS) is 12.9. The highest BCUT2D eigenvalue weighted by Crippen LogP contribution is 2.18. The van der Waals surface area contributed by atoms with Gasteiger partial charge in [-0.3, -0.25) is 4.68 Å². The molecule has 5 heteroatoms. The van der Waals surface area contributed by atoms with Gasteiger partial charge in [0.15, 0.2) is 0 Å². The van der Waals surface area contributed by atoms with Gasteiger partial charge < -0.3 is 5.73 Å². The third-order valence-corrected chi connectivity index (χ3v) is 3.27. The molecule has 0 amide bonds. The van der Waals surface area contributed by atoms with E-state index in [1.54, 1.807) is 11.3 Å². The number of hydrogen-bond acceptors (Lipinski definition) is 4. The lowest BCUT2D eigenvalue weighted by Gasteiger charge is -2.06. The van der Waals surface area contributed by atoms with Crippen molar-refractivity contribution in [2.24, 2.45) is 5.73 Å². The Labute approximate surface area is 99.1 Å². The van der Waals surface area contributed by atoms with Gasteiger partial charge in [0, 0.05) is 18.1 Å². The molecule has 0 saturated heterocycles. The molecule has 1 atom stereocenters. The highest BCUT2D eigenvalue weighted by atomic mass is 32.1. The molecule has 86 valence electrons. The Morgan fingerprint density at radius 2 is 2.38 bits per heavy atom. The first-order valence-corrected chi connectivity index (χ1v) is 6.26. The van der Waals surface area contributed by atoms with Crippen LogP contribution < -0.4 is 5.73 Å². The van der Waals surface area contributed by atoms with Crippen LogP contribution in [0, 0.1) is 6.92 Å². The average Bonchev–Trinajstić information content (AvgIpc) is 2.87. The van der Waals surface area contributed by atoms with Gasteiger partial charge in [-0.05, 0) is 25.8 Å². The zero-order valence-electron chi connectivity index (χ0n) is 9.55. The molecule has 16 heavy (non-hydrogen) atoms. The molecule has 0 fully saturated rings. The summed E-state index contributed by atoms with van der Waals surface area (Å²) in [7, 11) is 0. The minimum atomic E-state index is -0.0283. The Morgan fingerprint density at radius 3 is 2.94 bits per heavy atom. The number of aromatic nitrogens is 3. The van der Waals surface area contributed by atoms with Gasteiger partial charge in [-0.15, -0.1) is 11.3 Å². The number of nitrogens with zero attached hydrogens (tertiary/aromatic N) is 3. The molecule has 2 N–H and O–H groups in total. The first-order valence-electron chi connectivity index (χ1n) is 5.38. The first-order chi connectivity index (χ1) is 7.69. The molecule has 0 saturated carbocycles. The van der Waals surface area contributed by atoms with Crippen molar-refractivity contribution < 1.29 is 0 Å². The lowest BCUT2D eigenvalue weighted by atomic mass is 10.1. The van der Waals surface area contributed by atoms with E-state index in [0.29, 0.717) is 0 Å². The number of hydrogen-bond donors (Lipinski definition) is 1. The van der Waals surface area contributed by atoms with Crippen LogP contribution in [0.2, 0.25) is 0 Å². The van der Waals surface area contributed by atoms with Gasteiger partial charge in [0.2, 0.25) is 0 Å². The van der Waals surface area contributed by atoms with Crippen molar-refractivity contribution in [3.8, 4) is 0 Å². The summed E-state index contributed by atoms with van der Waals surface area (Å²) in [4.78, 5) is 4.40. The Bertz CT molecular complexity index is 460. The van der Waals surface area contributed by atoms with Crippen LogP contribution in [0.15, 0.2) is 17.8 Å². The van der Waals surface area contributed by atoms with Crippen LogP contribution in [0.1, 0.15) is 29.2 Å². The molecule has 0 spiro atoms. The number of thiazole rings is 1. The molecule has 0 aliphatic rings. The van der Waals surface area contributed by atoms with Crippen molar-refractivity contribution in [2.75, 3.05) is 0 Å². The first kappa shape index (κ1) is 11.3. The predicted molar refractivity (Wildman–Crippen MR) is 65.4 cm³/mol. The topological polar surface area (TPSA) is 56.7 Å². The quantitative estimate of drug-likeness (QED) is 0.882. The van der Waals surface area contributed by atoms with Crippen molar-refractivity contribution in [2.45, 2.75) is 32.9 Å². The second kappa shape index (κ2) is 4.76. The number of aryl methyl sites for hydroxylation is 2. The van der Waals surface area contributed by atoms with Crippen molar-refractivity contribution in [1.82, 2.24) is 14.8 Å². The second-order valence-electron chi connectivity index (χ2n) is 3.81. The van der Waals surface area contributed by atoms with Crippen molar-refractivity contribution in [3.05, 3.63) is 34.0 Å². The molecular weight excluding hydrogens is 220 g/mol. The molecule has 2 rings (SSSR count). The summed E-state index contributed by atoms with van der Waals surface area (Å²) in [6.45, 7) is 4.96. The van der Waals surface area contributed by atoms with Crippen molar-refractivity contribution in [1.29, 1.82) is 0 Å². The molecule has 4 nitrogen and oxygen atoms in total. The van der Waals surface area contributed by atoms with Crippen LogP contribution in [0.5, 0.6) is 0 Å². The lowest BCUT2D eigenvalue weighted by Crippen LogP contribution is -2.13. The van der Waals surface area contributed by atoms with E-state index in [0.717, 1.165) is 23.7 Å². The molecule has 2 aromatic heterocycles. The number of rotatable bonds is 4. The monoisotopic (exact) mass is 236 g/mol. The van der Waals surface area contributed by atoms with Crippen LogP contribution in [-0.2, 0) is 13.0 Å². The summed E-state index contributed by atoms with van der Waals surface area (Å²) in [5.41, 5.74) is 8.24. The standard InChI is InChI=1S/C11H16N4S/c1-3-15-6-9(5-13-15)4-10(12)11-7-16-8(2)14-11/h5-7,10H,3-4,12H2,1-2H3. The number of nitrogens with two attached hydrogens (primary N) is 1. The zero-order valence-corrected chi connectivity index (χ0v) is 10.4. The molecule has 1 unspecified atom stereocenters. The second-order valence-corrected chi connectivity index (χ2v) is 4.87. The molecule has 0 bridgehead atoms. The Hall–Kier alpha value is -1.20. The molecule has 0 aliphatic carbocycles. The predicted octanol–water partition coefficient (Wildman–Crippen LogP) is 1.91. The maximum absolute atomic E-state index is 6.10. The summed E-state index contributed by atoms with van der Waals surface area (Å²) in [5, 5.41) is 7.33. The Balaban J connectivity index is 2.04. The van der Waals surface area contributed by atoms with E-state index in [-0.39, 0.29) is 6.04 Å². The highest BCUT2D eigenvalue weighted by Gasteiger charge is 2.11. The fourth-order valence-corrected chi connectivity index (χ4v) is 2.27. The third kappa shape index (κ3) is 2.48. The van der Waals surface area contributed by atoms with Crippen LogP contribution in [0.4, 0.5) is 0 Å². The van der Waals surface area contributed by atoms with E-state index in [1.807, 2.05) is 29.4 Å². The van der Waals surface area contributed by atoms with Crippen LogP contribution >= 0.6 is 11.3 Å². The molecule has 2 aromatic rings. The minimum Gasteiger partial charge on any atom is -0.322 e. The van der Waals surface area contributed by atoms with Gasteiger partial charge in [-0.2, -0.15) is 5.10 Å². The van der Waals surface area contributed by atoms with Crippen molar-refractivity contribution in [3.63, 3.8) is 0 Å². The van der Waals surface area contributed by atoms with Crippen LogP contribution in [-0.4, -0.2) is 14.8 Å². The smallest absolute Gasteiger partial charge is 0.0898 e. The molecule has 2 heterocycles. The molecule has 0 radical (unpaired) electrons. The SMILES string of the molecule is CCn1cc(CC(N)c2csc(C)n2)cn1. The summed E-state index contributed by atoms with van der Waals surface area (Å²) in [6, 6.07) is -0.0283. The van der Waals surface area contributed by atoms with E-state index in [1.165, 1.54) is 5.56 Å². The summed E-state index contributed by atoms with van der Waals surface area (Å²) < 4.78 is 1.91. The zero-order chi connectivity index (χ0) is 11.5. The van der Waals surface area contributed by atoms with Crippen LogP contribution in [0.25, 0.3) is 0 Å². The van der Waals surface area contributed by atoms with Gasteiger partial charge in [0.25, 0.3) is 0 Å². The summed E-state index contributed by atoms with van der Waals surface area (Å²) >= 11 is 1.64. The highest BCUT2D eigenvalue weighted by molar-refractivity contribution is 7.09. The van der Waals surface area contributed by atoms with E-state index >= 15 is 0 Å². The van der Waals surface area contributed by atoms with E-state index in [4.69, 9.17) is 5.73 Å². The van der Waals surface area contributed by atoms with E-state index in [9.17, 15) is 0 Å². The fourth-order valence-electron chi connectivity index (χ4n) is 1.59. The largest absolute Gasteiger partial charge is 0.322 e. The Kier molecular flexibility index (Phi) is 3.36. The van der Waals surface area contributed by atoms with Gasteiger partial charge in [0.1, 0.15) is 0 Å². The summed E-state index contributed by atoms with van der Waals surface area (Å²) in [5.74, 6) is 0. The van der Waals surface area contributed by atoms with Gasteiger partial charge in [-0.25, -0.2) is 4.98 Å². The van der Waals surface area contributed by atoms with Crippen molar-refractivity contribution >= 4 is 11.3 Å². The Morgan fingerprint density at radius 1 is 1.56 bits per heavy atom. The molecule has 0 aromatic carbocycles. The van der Waals surface area contributed by atoms with Crippen LogP contribution in [0.3, 0.4) is 0 Å². The van der Waals surface area contributed by atoms with Gasteiger partial charge >= 0.3 is 0 Å². The fraction of sp³-hybridized carbons (Fsp3) is 0.455. The molecule has 0 aliphatic heterocycles. The van der Waals surface area contributed by atoms with Gasteiger partial charge in [0.05, 0.1) is 22.9 Å². The molecular formula is C11H16N4S. The minimum absolute atomic E-state index is 0.0283. The third-order valence-electron chi connectivity index (χ3n) is 2.48. The summed E-state index contributed by atoms with van der Waals surface area (Å²) in [6.07, 6.45) is 4.71. The lowest BCUT2D eigenvalue weighted by molar-refractivity contribution is 0.656. The van der Waals surface area contributed by atoms with Gasteiger partial charge in [-0.1, -0.05) is 0 Å². The maximum Gasteiger partial charge on any atom is 0.0898 e.